The highest BCUT2D eigenvalue weighted by Crippen LogP contribution is 2.27. The predicted molar refractivity (Wildman–Crippen MR) is 137 cm³/mol. The molecule has 1 amide bonds. The zero-order valence-electron chi connectivity index (χ0n) is 20.7. The van der Waals surface area contributed by atoms with Gasteiger partial charge in [0, 0.05) is 57.2 Å². The van der Waals surface area contributed by atoms with E-state index < -0.39 is 0 Å². The first-order valence-electron chi connectivity index (χ1n) is 11.9. The van der Waals surface area contributed by atoms with Gasteiger partial charge in [-0.2, -0.15) is 5.10 Å². The summed E-state index contributed by atoms with van der Waals surface area (Å²) in [5, 5.41) is 6.58. The summed E-state index contributed by atoms with van der Waals surface area (Å²) in [6.45, 7) is 9.82. The number of aromatic amines is 1. The van der Waals surface area contributed by atoms with Crippen molar-refractivity contribution in [3.63, 3.8) is 0 Å². The van der Waals surface area contributed by atoms with Crippen molar-refractivity contribution in [2.24, 2.45) is 12.5 Å². The molecular weight excluding hydrogens is 442 g/mol. The van der Waals surface area contributed by atoms with Crippen molar-refractivity contribution in [2.45, 2.75) is 27.3 Å². The highest BCUT2D eigenvalue weighted by atomic mass is 16.2. The molecule has 3 aromatic heterocycles. The van der Waals surface area contributed by atoms with Crippen LogP contribution in [0, 0.1) is 5.41 Å². The average molecular weight is 474 g/mol. The van der Waals surface area contributed by atoms with E-state index in [0.717, 1.165) is 35.6 Å². The Hall–Kier alpha value is -3.88. The number of pyridine rings is 1. The Kier molecular flexibility index (Phi) is 5.70. The standard InChI is InChI=1S/C26H31N7O2/c1-26(2,3)17-33-22-9-8-21(29-23(22)30(4)25(33)35)18-6-5-7-20(14-18)31-10-12-32(13-11-31)24(34)19-15-27-28-16-19/h5-9,14-16H,10-13,17H2,1-4H3,(H,27,28). The van der Waals surface area contributed by atoms with E-state index in [2.05, 4.69) is 48.0 Å². The zero-order chi connectivity index (χ0) is 24.7. The van der Waals surface area contributed by atoms with Gasteiger partial charge in [-0.15, -0.1) is 0 Å². The number of H-pyrrole nitrogens is 1. The van der Waals surface area contributed by atoms with Crippen molar-refractivity contribution in [1.29, 1.82) is 0 Å². The molecule has 1 aromatic carbocycles. The van der Waals surface area contributed by atoms with Gasteiger partial charge in [0.2, 0.25) is 0 Å². The number of carbonyl (C=O) groups is 1. The van der Waals surface area contributed by atoms with Gasteiger partial charge in [-0.3, -0.25) is 19.0 Å². The minimum atomic E-state index is -0.0452. The first-order chi connectivity index (χ1) is 16.7. The molecular formula is C26H31N7O2. The third-order valence-corrected chi connectivity index (χ3v) is 6.43. The van der Waals surface area contributed by atoms with Crippen LogP contribution < -0.4 is 10.6 Å². The predicted octanol–water partition coefficient (Wildman–Crippen LogP) is 3.13. The van der Waals surface area contributed by atoms with Crippen LogP contribution in [0.15, 0.2) is 53.6 Å². The van der Waals surface area contributed by atoms with Gasteiger partial charge < -0.3 is 9.80 Å². The number of nitrogens with zero attached hydrogens (tertiary/aromatic N) is 6. The highest BCUT2D eigenvalue weighted by Gasteiger charge is 2.23. The lowest BCUT2D eigenvalue weighted by molar-refractivity contribution is 0.0747. The lowest BCUT2D eigenvalue weighted by Crippen LogP contribution is -2.48. The number of amides is 1. The second-order valence-corrected chi connectivity index (χ2v) is 10.3. The molecule has 0 radical (unpaired) electrons. The summed E-state index contributed by atoms with van der Waals surface area (Å²) < 4.78 is 3.44. The van der Waals surface area contributed by atoms with Crippen LogP contribution in [0.4, 0.5) is 5.69 Å². The van der Waals surface area contributed by atoms with E-state index in [9.17, 15) is 9.59 Å². The number of nitrogens with one attached hydrogen (secondary N) is 1. The van der Waals surface area contributed by atoms with Crippen LogP contribution in [-0.2, 0) is 13.6 Å². The molecule has 1 aliphatic rings. The number of anilines is 1. The maximum Gasteiger partial charge on any atom is 0.330 e. The molecule has 1 aliphatic heterocycles. The molecule has 0 aliphatic carbocycles. The summed E-state index contributed by atoms with van der Waals surface area (Å²) in [5.41, 5.74) is 4.99. The van der Waals surface area contributed by atoms with Crippen molar-refractivity contribution in [3.8, 4) is 11.3 Å². The summed E-state index contributed by atoms with van der Waals surface area (Å²) >= 11 is 0. The maximum absolute atomic E-state index is 12.9. The Morgan fingerprint density at radius 1 is 1.09 bits per heavy atom. The van der Waals surface area contributed by atoms with Crippen molar-refractivity contribution in [1.82, 2.24) is 29.2 Å². The van der Waals surface area contributed by atoms with Crippen molar-refractivity contribution < 1.29 is 4.79 Å². The number of imidazole rings is 1. The molecule has 182 valence electrons. The minimum absolute atomic E-state index is 0.00802. The lowest BCUT2D eigenvalue weighted by Gasteiger charge is -2.36. The Labute approximate surface area is 204 Å². The molecule has 5 rings (SSSR count). The van der Waals surface area contributed by atoms with Gasteiger partial charge in [0.05, 0.1) is 23.0 Å². The van der Waals surface area contributed by atoms with Gasteiger partial charge in [0.15, 0.2) is 5.65 Å². The zero-order valence-corrected chi connectivity index (χ0v) is 20.7. The minimum Gasteiger partial charge on any atom is -0.368 e. The number of piperazine rings is 1. The van der Waals surface area contributed by atoms with E-state index in [0.29, 0.717) is 30.8 Å². The van der Waals surface area contributed by atoms with Gasteiger partial charge in [0.25, 0.3) is 5.91 Å². The van der Waals surface area contributed by atoms with Crippen molar-refractivity contribution >= 4 is 22.8 Å². The van der Waals surface area contributed by atoms with Crippen LogP contribution in [0.3, 0.4) is 0 Å². The molecule has 9 nitrogen and oxygen atoms in total. The summed E-state index contributed by atoms with van der Waals surface area (Å²) in [7, 11) is 1.78. The molecule has 0 bridgehead atoms. The summed E-state index contributed by atoms with van der Waals surface area (Å²) in [5.74, 6) is 0.00802. The molecule has 1 saturated heterocycles. The fraction of sp³-hybridized carbons (Fsp3) is 0.385. The topological polar surface area (TPSA) is 92.0 Å². The molecule has 0 unspecified atom stereocenters. The SMILES string of the molecule is Cn1c(=O)n(CC(C)(C)C)c2ccc(-c3cccc(N4CCN(C(=O)c5cn[nH]c5)CC4)c3)nc21. The lowest BCUT2D eigenvalue weighted by atomic mass is 9.97. The largest absolute Gasteiger partial charge is 0.368 e. The van der Waals surface area contributed by atoms with E-state index >= 15 is 0 Å². The monoisotopic (exact) mass is 473 g/mol. The van der Waals surface area contributed by atoms with Gasteiger partial charge >= 0.3 is 5.69 Å². The first-order valence-corrected chi connectivity index (χ1v) is 11.9. The normalized spacial score (nSPS) is 14.6. The van der Waals surface area contributed by atoms with E-state index in [1.807, 2.05) is 33.7 Å². The number of aryl methyl sites for hydroxylation is 1. The van der Waals surface area contributed by atoms with E-state index in [1.54, 1.807) is 24.0 Å². The summed E-state index contributed by atoms with van der Waals surface area (Å²) in [6.07, 6.45) is 3.20. The van der Waals surface area contributed by atoms with Crippen molar-refractivity contribution in [2.75, 3.05) is 31.1 Å². The second kappa shape index (κ2) is 8.72. The molecule has 0 saturated carbocycles. The Balaban J connectivity index is 1.37. The molecule has 0 spiro atoms. The number of rotatable bonds is 4. The number of fused-ring (bicyclic) bond motifs is 1. The van der Waals surface area contributed by atoms with Gasteiger partial charge in [-0.05, 0) is 29.7 Å². The number of aromatic nitrogens is 5. The maximum atomic E-state index is 12.9. The Morgan fingerprint density at radius 3 is 2.54 bits per heavy atom. The summed E-state index contributed by atoms with van der Waals surface area (Å²) in [6, 6.07) is 12.3. The molecule has 1 fully saturated rings. The van der Waals surface area contributed by atoms with E-state index in [-0.39, 0.29) is 17.0 Å². The molecule has 4 aromatic rings. The average Bonchev–Trinajstić information content (AvgIpc) is 3.47. The van der Waals surface area contributed by atoms with Crippen LogP contribution in [-0.4, -0.2) is 61.3 Å². The summed E-state index contributed by atoms with van der Waals surface area (Å²) in [4.78, 5) is 34.5. The Bertz CT molecular complexity index is 1420. The Morgan fingerprint density at radius 2 is 1.86 bits per heavy atom. The smallest absolute Gasteiger partial charge is 0.330 e. The van der Waals surface area contributed by atoms with E-state index in [4.69, 9.17) is 4.98 Å². The van der Waals surface area contributed by atoms with Gasteiger partial charge in [-0.25, -0.2) is 9.78 Å². The third kappa shape index (κ3) is 4.45. The van der Waals surface area contributed by atoms with Gasteiger partial charge in [0.1, 0.15) is 0 Å². The van der Waals surface area contributed by atoms with Crippen LogP contribution in [0.5, 0.6) is 0 Å². The van der Waals surface area contributed by atoms with Crippen molar-refractivity contribution in [3.05, 3.63) is 64.8 Å². The fourth-order valence-electron chi connectivity index (χ4n) is 4.64. The molecule has 0 atom stereocenters. The highest BCUT2D eigenvalue weighted by molar-refractivity contribution is 5.93. The number of hydrogen-bond donors (Lipinski definition) is 1. The molecule has 4 heterocycles. The second-order valence-electron chi connectivity index (χ2n) is 10.3. The molecule has 35 heavy (non-hydrogen) atoms. The number of carbonyl (C=O) groups excluding carboxylic acids is 1. The number of benzene rings is 1. The van der Waals surface area contributed by atoms with Gasteiger partial charge in [-0.1, -0.05) is 32.9 Å². The van der Waals surface area contributed by atoms with Crippen LogP contribution in [0.1, 0.15) is 31.1 Å². The number of hydrogen-bond acceptors (Lipinski definition) is 5. The van der Waals surface area contributed by atoms with Crippen LogP contribution >= 0.6 is 0 Å². The van der Waals surface area contributed by atoms with Crippen LogP contribution in [0.2, 0.25) is 0 Å². The van der Waals surface area contributed by atoms with E-state index in [1.165, 1.54) is 0 Å². The fourth-order valence-corrected chi connectivity index (χ4v) is 4.64. The third-order valence-electron chi connectivity index (χ3n) is 6.43. The first kappa shape index (κ1) is 22.9. The van der Waals surface area contributed by atoms with Crippen LogP contribution in [0.25, 0.3) is 22.4 Å². The molecule has 9 heteroatoms. The quantitative estimate of drug-likeness (QED) is 0.492. The molecule has 1 N–H and O–H groups in total.